The molecule has 0 aliphatic heterocycles. The molecule has 0 unspecified atom stereocenters. The largest absolute Gasteiger partial charge is 0.384 e. The average molecular weight is 178 g/mol. The number of hydrogen-bond acceptors (Lipinski definition) is 4. The first-order valence-electron chi connectivity index (χ1n) is 3.97. The van der Waals surface area contributed by atoms with Crippen LogP contribution in [-0.4, -0.2) is 43.9 Å². The lowest BCUT2D eigenvalue weighted by molar-refractivity contribution is -0.177. The molecule has 74 valence electrons. The van der Waals surface area contributed by atoms with Crippen molar-refractivity contribution in [3.8, 4) is 0 Å². The maximum atomic E-state index is 9.12. The van der Waals surface area contributed by atoms with E-state index in [1.54, 1.807) is 0 Å². The Hall–Kier alpha value is -0.160. The highest BCUT2D eigenvalue weighted by Crippen LogP contribution is 2.25. The summed E-state index contributed by atoms with van der Waals surface area (Å²) in [5.74, 6) is 0. The lowest BCUT2D eigenvalue weighted by Gasteiger charge is -2.32. The van der Waals surface area contributed by atoms with Crippen molar-refractivity contribution in [2.24, 2.45) is 5.41 Å². The van der Waals surface area contributed by atoms with Gasteiger partial charge in [-0.2, -0.15) is 0 Å². The van der Waals surface area contributed by atoms with Crippen LogP contribution >= 0.6 is 0 Å². The van der Waals surface area contributed by atoms with E-state index in [2.05, 4.69) is 0 Å². The van der Waals surface area contributed by atoms with Crippen molar-refractivity contribution >= 4 is 0 Å². The minimum absolute atomic E-state index is 0.287. The molecule has 12 heavy (non-hydrogen) atoms. The normalized spacial score (nSPS) is 12.5. The Kier molecular flexibility index (Phi) is 5.41. The molecule has 4 nitrogen and oxygen atoms in total. The molecule has 0 rings (SSSR count). The summed E-state index contributed by atoms with van der Waals surface area (Å²) in [6.45, 7) is 2.45. The fourth-order valence-electron chi connectivity index (χ4n) is 1.15. The van der Waals surface area contributed by atoms with Crippen LogP contribution in [0.5, 0.6) is 0 Å². The first-order chi connectivity index (χ1) is 5.63. The van der Waals surface area contributed by atoms with E-state index in [1.807, 2.05) is 6.92 Å². The van der Waals surface area contributed by atoms with E-state index in [0.29, 0.717) is 6.42 Å². The molecule has 0 saturated carbocycles. The van der Waals surface area contributed by atoms with Gasteiger partial charge in [0.15, 0.2) is 6.29 Å². The molecule has 0 amide bonds. The van der Waals surface area contributed by atoms with Gasteiger partial charge in [0.25, 0.3) is 0 Å². The molecule has 0 aromatic rings. The molecule has 0 aliphatic rings. The van der Waals surface area contributed by atoms with Crippen LogP contribution in [0.4, 0.5) is 0 Å². The Labute approximate surface area is 73.1 Å². The molecule has 0 spiro atoms. The predicted molar refractivity (Wildman–Crippen MR) is 44.7 cm³/mol. The Morgan fingerprint density at radius 1 is 1.17 bits per heavy atom. The second-order valence-electron chi connectivity index (χ2n) is 2.96. The number of methoxy groups -OCH3 is 2. The van der Waals surface area contributed by atoms with Crippen LogP contribution in [0.15, 0.2) is 0 Å². The van der Waals surface area contributed by atoms with Gasteiger partial charge in [0.05, 0.1) is 18.6 Å². The van der Waals surface area contributed by atoms with E-state index in [-0.39, 0.29) is 13.2 Å². The molecule has 0 atom stereocenters. The van der Waals surface area contributed by atoms with E-state index in [4.69, 9.17) is 19.7 Å². The SMILES string of the molecule is CCC(COC)(COC)C(O)O. The third-order valence-corrected chi connectivity index (χ3v) is 2.12. The Balaban J connectivity index is 4.28. The molecule has 0 aliphatic carbocycles. The monoisotopic (exact) mass is 178 g/mol. The second-order valence-corrected chi connectivity index (χ2v) is 2.96. The van der Waals surface area contributed by atoms with Gasteiger partial charge < -0.3 is 19.7 Å². The van der Waals surface area contributed by atoms with Crippen LogP contribution in [0.1, 0.15) is 13.3 Å². The third kappa shape index (κ3) is 2.71. The van der Waals surface area contributed by atoms with Crippen molar-refractivity contribution in [2.45, 2.75) is 19.6 Å². The summed E-state index contributed by atoms with van der Waals surface area (Å²) in [7, 11) is 3.06. The molecule has 0 saturated heterocycles. The fraction of sp³-hybridized carbons (Fsp3) is 1.00. The quantitative estimate of drug-likeness (QED) is 0.561. The summed E-state index contributed by atoms with van der Waals surface area (Å²) >= 11 is 0. The van der Waals surface area contributed by atoms with E-state index in [1.165, 1.54) is 14.2 Å². The van der Waals surface area contributed by atoms with Gasteiger partial charge in [0.2, 0.25) is 0 Å². The van der Waals surface area contributed by atoms with Gasteiger partial charge in [-0.1, -0.05) is 6.92 Å². The van der Waals surface area contributed by atoms with Crippen molar-refractivity contribution < 1.29 is 19.7 Å². The van der Waals surface area contributed by atoms with Crippen LogP contribution in [0.2, 0.25) is 0 Å². The van der Waals surface area contributed by atoms with Gasteiger partial charge in [0.1, 0.15) is 0 Å². The standard InChI is InChI=1S/C8H18O4/c1-4-8(5-11-2,6-12-3)7(9)10/h7,9-10H,4-6H2,1-3H3. The highest BCUT2D eigenvalue weighted by molar-refractivity contribution is 4.79. The van der Waals surface area contributed by atoms with Gasteiger partial charge in [-0.25, -0.2) is 0 Å². The fourth-order valence-corrected chi connectivity index (χ4v) is 1.15. The Morgan fingerprint density at radius 2 is 1.58 bits per heavy atom. The van der Waals surface area contributed by atoms with Crippen molar-refractivity contribution in [3.05, 3.63) is 0 Å². The van der Waals surface area contributed by atoms with Crippen LogP contribution in [0, 0.1) is 5.41 Å². The molecular formula is C8H18O4. The van der Waals surface area contributed by atoms with Gasteiger partial charge in [-0.15, -0.1) is 0 Å². The maximum Gasteiger partial charge on any atom is 0.161 e. The molecule has 0 fully saturated rings. The highest BCUT2D eigenvalue weighted by Gasteiger charge is 2.35. The molecular weight excluding hydrogens is 160 g/mol. The molecule has 2 N–H and O–H groups in total. The number of hydrogen-bond donors (Lipinski definition) is 2. The Bertz CT molecular complexity index is 108. The van der Waals surface area contributed by atoms with Gasteiger partial charge >= 0.3 is 0 Å². The van der Waals surface area contributed by atoms with E-state index >= 15 is 0 Å². The minimum Gasteiger partial charge on any atom is -0.384 e. The third-order valence-electron chi connectivity index (χ3n) is 2.12. The van der Waals surface area contributed by atoms with Crippen LogP contribution in [-0.2, 0) is 9.47 Å². The van der Waals surface area contributed by atoms with Crippen molar-refractivity contribution in [3.63, 3.8) is 0 Å². The molecule has 0 heterocycles. The average Bonchev–Trinajstić information content (AvgIpc) is 2.03. The first kappa shape index (κ1) is 11.8. The maximum absolute atomic E-state index is 9.12. The highest BCUT2D eigenvalue weighted by atomic mass is 16.5. The van der Waals surface area contributed by atoms with Gasteiger partial charge in [0, 0.05) is 14.2 Å². The number of aliphatic hydroxyl groups excluding tert-OH is 1. The smallest absolute Gasteiger partial charge is 0.161 e. The van der Waals surface area contributed by atoms with E-state index in [0.717, 1.165) is 0 Å². The molecule has 4 heteroatoms. The molecule has 0 aromatic carbocycles. The molecule has 0 radical (unpaired) electrons. The zero-order valence-electron chi connectivity index (χ0n) is 7.91. The predicted octanol–water partition coefficient (Wildman–Crippen LogP) is -0.0137. The second kappa shape index (κ2) is 5.48. The minimum atomic E-state index is -1.40. The summed E-state index contributed by atoms with van der Waals surface area (Å²) < 4.78 is 9.82. The first-order valence-corrected chi connectivity index (χ1v) is 3.97. The summed E-state index contributed by atoms with van der Waals surface area (Å²) in [5, 5.41) is 18.2. The van der Waals surface area contributed by atoms with E-state index in [9.17, 15) is 0 Å². The zero-order valence-corrected chi connectivity index (χ0v) is 7.91. The zero-order chi connectivity index (χ0) is 9.61. The van der Waals surface area contributed by atoms with Crippen molar-refractivity contribution in [1.29, 1.82) is 0 Å². The molecule has 0 bridgehead atoms. The lowest BCUT2D eigenvalue weighted by Crippen LogP contribution is -2.42. The number of aliphatic hydroxyl groups is 2. The summed E-state index contributed by atoms with van der Waals surface area (Å²) in [4.78, 5) is 0. The van der Waals surface area contributed by atoms with Crippen molar-refractivity contribution in [1.82, 2.24) is 0 Å². The number of ether oxygens (including phenoxy) is 2. The summed E-state index contributed by atoms with van der Waals surface area (Å²) in [6, 6.07) is 0. The number of rotatable bonds is 6. The van der Waals surface area contributed by atoms with Gasteiger partial charge in [-0.05, 0) is 6.42 Å². The summed E-state index contributed by atoms with van der Waals surface area (Å²) in [5.41, 5.74) is -0.691. The molecule has 0 aromatic heterocycles. The summed E-state index contributed by atoms with van der Waals surface area (Å²) in [6.07, 6.45) is -0.797. The van der Waals surface area contributed by atoms with Crippen LogP contribution in [0.25, 0.3) is 0 Å². The topological polar surface area (TPSA) is 58.9 Å². The van der Waals surface area contributed by atoms with Crippen LogP contribution in [0.3, 0.4) is 0 Å². The van der Waals surface area contributed by atoms with E-state index < -0.39 is 11.7 Å². The van der Waals surface area contributed by atoms with Gasteiger partial charge in [-0.3, -0.25) is 0 Å². The Morgan fingerprint density at radius 3 is 1.75 bits per heavy atom. The van der Waals surface area contributed by atoms with Crippen molar-refractivity contribution in [2.75, 3.05) is 27.4 Å². The van der Waals surface area contributed by atoms with Crippen LogP contribution < -0.4 is 0 Å². The lowest BCUT2D eigenvalue weighted by atomic mass is 9.86.